The van der Waals surface area contributed by atoms with Crippen molar-refractivity contribution in [3.8, 4) is 0 Å². The van der Waals surface area contributed by atoms with Crippen molar-refractivity contribution in [3.05, 3.63) is 96.6 Å². The van der Waals surface area contributed by atoms with Gasteiger partial charge in [0.05, 0.1) is 17.9 Å². The van der Waals surface area contributed by atoms with Gasteiger partial charge in [0.25, 0.3) is 0 Å². The first-order valence-corrected chi connectivity index (χ1v) is 13.5. The number of Topliss-reactive ketones (excluding diaryl/α,β-unsaturated/α-hetero) is 1. The third-order valence-corrected chi connectivity index (χ3v) is 8.31. The van der Waals surface area contributed by atoms with Gasteiger partial charge in [0.2, 0.25) is 21.7 Å². The summed E-state index contributed by atoms with van der Waals surface area (Å²) in [5.41, 5.74) is 1.25. The van der Waals surface area contributed by atoms with Gasteiger partial charge in [-0.2, -0.15) is 4.31 Å². The first kappa shape index (κ1) is 24.7. The van der Waals surface area contributed by atoms with Gasteiger partial charge in [-0.1, -0.05) is 42.5 Å². The molecule has 1 saturated heterocycles. The van der Waals surface area contributed by atoms with Gasteiger partial charge in [-0.15, -0.1) is 0 Å². The zero-order valence-corrected chi connectivity index (χ0v) is 21.0. The number of hydrogen-bond acceptors (Lipinski definition) is 6. The first-order valence-electron chi connectivity index (χ1n) is 12.1. The average molecular weight is 515 g/mol. The van der Waals surface area contributed by atoms with Crippen LogP contribution in [0, 0.1) is 0 Å². The third kappa shape index (κ3) is 5.42. The van der Waals surface area contributed by atoms with Gasteiger partial charge >= 0.3 is 0 Å². The van der Waals surface area contributed by atoms with Crippen molar-refractivity contribution in [1.82, 2.24) is 14.3 Å². The Kier molecular flexibility index (Phi) is 7.07. The van der Waals surface area contributed by atoms with Crippen LogP contribution in [0.3, 0.4) is 0 Å². The molecule has 2 heterocycles. The molecule has 0 saturated carbocycles. The molecule has 8 nitrogen and oxygen atoms in total. The van der Waals surface area contributed by atoms with Crippen LogP contribution in [0.1, 0.15) is 35.4 Å². The molecular formula is C28H26N4O4S. The maximum atomic E-state index is 13.5. The Hall–Kier alpha value is -3.95. The van der Waals surface area contributed by atoms with E-state index in [1.807, 2.05) is 42.5 Å². The molecule has 0 N–H and O–H groups in total. The van der Waals surface area contributed by atoms with Crippen LogP contribution < -0.4 is 4.90 Å². The maximum absolute atomic E-state index is 13.5. The second-order valence-electron chi connectivity index (χ2n) is 8.94. The highest BCUT2D eigenvalue weighted by atomic mass is 32.2. The van der Waals surface area contributed by atoms with Crippen molar-refractivity contribution < 1.29 is 18.0 Å². The fourth-order valence-corrected chi connectivity index (χ4v) is 6.04. The second-order valence-corrected chi connectivity index (χ2v) is 10.9. The number of carbonyl (C=O) groups excluding carboxylic acids is 2. The quantitative estimate of drug-likeness (QED) is 0.258. The van der Waals surface area contributed by atoms with E-state index in [-0.39, 0.29) is 17.3 Å². The number of sulfonamides is 1. The van der Waals surface area contributed by atoms with Crippen molar-refractivity contribution in [2.75, 3.05) is 18.0 Å². The lowest BCUT2D eigenvalue weighted by atomic mass is 10.1. The summed E-state index contributed by atoms with van der Waals surface area (Å²) in [6, 6.07) is 21.8. The standard InChI is InChI=1S/C28H26N4O4S/c33-26(28-29-13-6-14-30-28)19-27(34)32(20-21-11-12-22-7-1-2-8-23(22)17-21)24-9-5-10-25(18-24)37(35,36)31-15-3-4-16-31/h1-2,5-14,17-18H,3-4,15-16,19-20H2. The molecule has 188 valence electrons. The predicted octanol–water partition coefficient (Wildman–Crippen LogP) is 4.22. The monoisotopic (exact) mass is 514 g/mol. The molecule has 0 atom stereocenters. The van der Waals surface area contributed by atoms with Gasteiger partial charge in [-0.05, 0) is 59.5 Å². The number of benzene rings is 3. The highest BCUT2D eigenvalue weighted by Gasteiger charge is 2.29. The summed E-state index contributed by atoms with van der Waals surface area (Å²) in [6.45, 7) is 1.13. The number of fused-ring (bicyclic) bond motifs is 1. The largest absolute Gasteiger partial charge is 0.308 e. The predicted molar refractivity (Wildman–Crippen MR) is 141 cm³/mol. The van der Waals surface area contributed by atoms with E-state index in [2.05, 4.69) is 9.97 Å². The molecule has 1 fully saturated rings. The molecule has 1 aliphatic rings. The summed E-state index contributed by atoms with van der Waals surface area (Å²) in [4.78, 5) is 35.7. The molecular weight excluding hydrogens is 488 g/mol. The van der Waals surface area contributed by atoms with Crippen LogP contribution in [0.2, 0.25) is 0 Å². The second kappa shape index (κ2) is 10.6. The van der Waals surface area contributed by atoms with E-state index in [4.69, 9.17) is 0 Å². The molecule has 0 bridgehead atoms. The van der Waals surface area contributed by atoms with Crippen LogP contribution >= 0.6 is 0 Å². The van der Waals surface area contributed by atoms with Gasteiger partial charge in [0.1, 0.15) is 0 Å². The minimum atomic E-state index is -3.68. The fraction of sp³-hybridized carbons (Fsp3) is 0.214. The molecule has 4 aromatic rings. The highest BCUT2D eigenvalue weighted by Crippen LogP contribution is 2.27. The topological polar surface area (TPSA) is 101 Å². The van der Waals surface area contributed by atoms with Gasteiger partial charge in [-0.3, -0.25) is 9.59 Å². The molecule has 3 aromatic carbocycles. The molecule has 0 aliphatic carbocycles. The number of aromatic nitrogens is 2. The Morgan fingerprint density at radius 1 is 0.838 bits per heavy atom. The van der Waals surface area contributed by atoms with Crippen LogP contribution in [-0.2, 0) is 21.4 Å². The van der Waals surface area contributed by atoms with Crippen LogP contribution in [0.15, 0.2) is 90.1 Å². The average Bonchev–Trinajstić information content (AvgIpc) is 3.48. The molecule has 1 amide bonds. The zero-order chi connectivity index (χ0) is 25.8. The van der Waals surface area contributed by atoms with Crippen molar-refractivity contribution >= 4 is 38.2 Å². The lowest BCUT2D eigenvalue weighted by molar-refractivity contribution is -0.117. The Labute approximate surface area is 215 Å². The Bertz CT molecular complexity index is 1550. The van der Waals surface area contributed by atoms with E-state index >= 15 is 0 Å². The molecule has 0 radical (unpaired) electrons. The Morgan fingerprint density at radius 2 is 1.57 bits per heavy atom. The number of ketones is 1. The van der Waals surface area contributed by atoms with Crippen LogP contribution in [0.25, 0.3) is 10.8 Å². The van der Waals surface area contributed by atoms with E-state index in [1.54, 1.807) is 24.3 Å². The van der Waals surface area contributed by atoms with E-state index in [9.17, 15) is 18.0 Å². The smallest absolute Gasteiger partial charge is 0.243 e. The lowest BCUT2D eigenvalue weighted by Crippen LogP contribution is -2.33. The van der Waals surface area contributed by atoms with Crippen molar-refractivity contribution in [2.24, 2.45) is 0 Å². The molecule has 9 heteroatoms. The molecule has 0 unspecified atom stereocenters. The number of amides is 1. The molecule has 1 aliphatic heterocycles. The van der Waals surface area contributed by atoms with Crippen LogP contribution in [0.5, 0.6) is 0 Å². The number of anilines is 1. The van der Waals surface area contributed by atoms with Gasteiger partial charge in [0, 0.05) is 31.2 Å². The van der Waals surface area contributed by atoms with Crippen molar-refractivity contribution in [3.63, 3.8) is 0 Å². The van der Waals surface area contributed by atoms with Crippen molar-refractivity contribution in [1.29, 1.82) is 0 Å². The summed E-state index contributed by atoms with van der Waals surface area (Å²) < 4.78 is 27.9. The van der Waals surface area contributed by atoms with Crippen LogP contribution in [0.4, 0.5) is 5.69 Å². The minimum absolute atomic E-state index is 0.0353. The van der Waals surface area contributed by atoms with Gasteiger partial charge < -0.3 is 4.90 Å². The van der Waals surface area contributed by atoms with Crippen LogP contribution in [-0.4, -0.2) is 47.5 Å². The van der Waals surface area contributed by atoms with Gasteiger partial charge in [0.15, 0.2) is 5.82 Å². The number of carbonyl (C=O) groups is 2. The molecule has 37 heavy (non-hydrogen) atoms. The molecule has 1 aromatic heterocycles. The van der Waals surface area contributed by atoms with Crippen molar-refractivity contribution in [2.45, 2.75) is 30.7 Å². The zero-order valence-electron chi connectivity index (χ0n) is 20.2. The summed E-state index contributed by atoms with van der Waals surface area (Å²) >= 11 is 0. The van der Waals surface area contributed by atoms with E-state index < -0.39 is 28.1 Å². The van der Waals surface area contributed by atoms with E-state index in [1.165, 1.54) is 27.7 Å². The summed E-state index contributed by atoms with van der Waals surface area (Å²) in [5.74, 6) is -1.01. The van der Waals surface area contributed by atoms with Gasteiger partial charge in [-0.25, -0.2) is 18.4 Å². The first-order chi connectivity index (χ1) is 17.9. The Morgan fingerprint density at radius 3 is 2.32 bits per heavy atom. The SMILES string of the molecule is O=C(CC(=O)N(Cc1ccc2ccccc2c1)c1cccc(S(=O)(=O)N2CCCC2)c1)c1ncccn1. The number of nitrogens with zero attached hydrogens (tertiary/aromatic N) is 4. The number of hydrogen-bond donors (Lipinski definition) is 0. The molecule has 5 rings (SSSR count). The number of rotatable bonds is 8. The minimum Gasteiger partial charge on any atom is -0.308 e. The van der Waals surface area contributed by atoms with E-state index in [0.717, 1.165) is 29.2 Å². The normalized spacial score (nSPS) is 14.1. The summed E-state index contributed by atoms with van der Waals surface area (Å²) in [7, 11) is -3.68. The fourth-order valence-electron chi connectivity index (χ4n) is 4.49. The maximum Gasteiger partial charge on any atom is 0.243 e. The van der Waals surface area contributed by atoms with E-state index in [0.29, 0.717) is 18.8 Å². The summed E-state index contributed by atoms with van der Waals surface area (Å²) in [6.07, 6.45) is 4.11. The Balaban J connectivity index is 1.49. The third-order valence-electron chi connectivity index (χ3n) is 6.41. The summed E-state index contributed by atoms with van der Waals surface area (Å²) in [5, 5.41) is 2.09. The lowest BCUT2D eigenvalue weighted by Gasteiger charge is -2.24. The molecule has 0 spiro atoms. The highest BCUT2D eigenvalue weighted by molar-refractivity contribution is 7.89.